The van der Waals surface area contributed by atoms with Crippen molar-refractivity contribution in [3.63, 3.8) is 0 Å². The minimum Gasteiger partial charge on any atom is -0.374 e. The first-order chi connectivity index (χ1) is 9.20. The third kappa shape index (κ3) is 3.78. The molecule has 0 aliphatic heterocycles. The molecule has 1 N–H and O–H groups in total. The predicted molar refractivity (Wildman–Crippen MR) is 80.5 cm³/mol. The largest absolute Gasteiger partial charge is 0.374 e. The van der Waals surface area contributed by atoms with Crippen molar-refractivity contribution in [3.8, 4) is 0 Å². The molecule has 0 saturated heterocycles. The third-order valence-electron chi connectivity index (χ3n) is 3.09. The second-order valence-electron chi connectivity index (χ2n) is 4.55. The lowest BCUT2D eigenvalue weighted by molar-refractivity contribution is 0.623. The van der Waals surface area contributed by atoms with E-state index in [-0.39, 0.29) is 5.82 Å². The Kier molecular flexibility index (Phi) is 4.93. The van der Waals surface area contributed by atoms with Gasteiger partial charge in [0.25, 0.3) is 0 Å². The standard InChI is InChI=1S/C15H19FN2S/c1-17-11-12-10-13(16)5-6-15(12)18(2)8-7-14-4-3-9-19-14/h3-6,9-10,17H,7-8,11H2,1-2H3. The molecule has 1 aromatic heterocycles. The molecule has 0 aliphatic rings. The molecule has 0 fully saturated rings. The summed E-state index contributed by atoms with van der Waals surface area (Å²) in [5.41, 5.74) is 2.09. The van der Waals surface area contributed by atoms with Crippen LogP contribution in [0.3, 0.4) is 0 Å². The van der Waals surface area contributed by atoms with E-state index in [4.69, 9.17) is 0 Å². The molecule has 0 spiro atoms. The highest BCUT2D eigenvalue weighted by Gasteiger charge is 2.08. The van der Waals surface area contributed by atoms with Gasteiger partial charge < -0.3 is 10.2 Å². The molecule has 1 aromatic carbocycles. The highest BCUT2D eigenvalue weighted by Crippen LogP contribution is 2.21. The van der Waals surface area contributed by atoms with Crippen LogP contribution < -0.4 is 10.2 Å². The van der Waals surface area contributed by atoms with Gasteiger partial charge in [0, 0.05) is 30.7 Å². The van der Waals surface area contributed by atoms with Crippen LogP contribution >= 0.6 is 11.3 Å². The Morgan fingerprint density at radius 1 is 1.32 bits per heavy atom. The quantitative estimate of drug-likeness (QED) is 0.872. The fourth-order valence-electron chi connectivity index (χ4n) is 2.11. The van der Waals surface area contributed by atoms with Gasteiger partial charge in [0.05, 0.1) is 0 Å². The predicted octanol–water partition coefficient (Wildman–Crippen LogP) is 3.29. The van der Waals surface area contributed by atoms with E-state index in [1.54, 1.807) is 17.4 Å². The lowest BCUT2D eigenvalue weighted by atomic mass is 10.1. The highest BCUT2D eigenvalue weighted by atomic mass is 32.1. The van der Waals surface area contributed by atoms with Crippen molar-refractivity contribution in [2.75, 3.05) is 25.5 Å². The zero-order chi connectivity index (χ0) is 13.7. The number of likely N-dealkylation sites (N-methyl/N-ethyl adjacent to an activating group) is 1. The summed E-state index contributed by atoms with van der Waals surface area (Å²) >= 11 is 1.78. The average Bonchev–Trinajstić information content (AvgIpc) is 2.90. The molecular weight excluding hydrogens is 259 g/mol. The van der Waals surface area contributed by atoms with E-state index in [2.05, 4.69) is 34.8 Å². The molecule has 2 nitrogen and oxygen atoms in total. The van der Waals surface area contributed by atoms with E-state index in [9.17, 15) is 4.39 Å². The number of hydrogen-bond donors (Lipinski definition) is 1. The summed E-state index contributed by atoms with van der Waals surface area (Å²) in [6.45, 7) is 1.61. The fourth-order valence-corrected chi connectivity index (χ4v) is 2.81. The van der Waals surface area contributed by atoms with Gasteiger partial charge in [-0.15, -0.1) is 11.3 Å². The third-order valence-corrected chi connectivity index (χ3v) is 4.03. The molecule has 0 unspecified atom stereocenters. The topological polar surface area (TPSA) is 15.3 Å². The number of thiophene rings is 1. The first-order valence-corrected chi connectivity index (χ1v) is 7.25. The van der Waals surface area contributed by atoms with Crippen LogP contribution in [0.2, 0.25) is 0 Å². The van der Waals surface area contributed by atoms with Crippen molar-refractivity contribution < 1.29 is 4.39 Å². The molecule has 0 bridgehead atoms. The first kappa shape index (κ1) is 14.0. The number of rotatable bonds is 6. The second kappa shape index (κ2) is 6.68. The highest BCUT2D eigenvalue weighted by molar-refractivity contribution is 7.09. The van der Waals surface area contributed by atoms with Crippen LogP contribution in [0.4, 0.5) is 10.1 Å². The van der Waals surface area contributed by atoms with Crippen molar-refractivity contribution >= 4 is 17.0 Å². The maximum absolute atomic E-state index is 13.3. The van der Waals surface area contributed by atoms with Gasteiger partial charge in [-0.25, -0.2) is 4.39 Å². The van der Waals surface area contributed by atoms with Crippen molar-refractivity contribution in [2.24, 2.45) is 0 Å². The molecule has 19 heavy (non-hydrogen) atoms. The Morgan fingerprint density at radius 3 is 2.84 bits per heavy atom. The van der Waals surface area contributed by atoms with E-state index in [0.717, 1.165) is 24.2 Å². The van der Waals surface area contributed by atoms with E-state index in [1.165, 1.54) is 10.9 Å². The van der Waals surface area contributed by atoms with Crippen LogP contribution in [-0.4, -0.2) is 20.6 Å². The van der Waals surface area contributed by atoms with Crippen LogP contribution in [-0.2, 0) is 13.0 Å². The van der Waals surface area contributed by atoms with Gasteiger partial charge >= 0.3 is 0 Å². The molecule has 2 aromatic rings. The van der Waals surface area contributed by atoms with Crippen molar-refractivity contribution in [2.45, 2.75) is 13.0 Å². The second-order valence-corrected chi connectivity index (χ2v) is 5.59. The van der Waals surface area contributed by atoms with Crippen LogP contribution in [0, 0.1) is 5.82 Å². The Bertz CT molecular complexity index is 511. The van der Waals surface area contributed by atoms with Gasteiger partial charge in [-0.2, -0.15) is 0 Å². The summed E-state index contributed by atoms with van der Waals surface area (Å²) in [5.74, 6) is -0.180. The lowest BCUT2D eigenvalue weighted by Crippen LogP contribution is -2.22. The van der Waals surface area contributed by atoms with Crippen LogP contribution in [0.5, 0.6) is 0 Å². The molecule has 0 aliphatic carbocycles. The summed E-state index contributed by atoms with van der Waals surface area (Å²) in [4.78, 5) is 3.57. The number of halogens is 1. The van der Waals surface area contributed by atoms with Crippen molar-refractivity contribution in [1.29, 1.82) is 0 Å². The number of nitrogens with one attached hydrogen (secondary N) is 1. The van der Waals surface area contributed by atoms with Gasteiger partial charge in [-0.3, -0.25) is 0 Å². The Labute approximate surface area is 117 Å². The zero-order valence-corrected chi connectivity index (χ0v) is 12.1. The Hall–Kier alpha value is -1.39. The van der Waals surface area contributed by atoms with E-state index in [0.29, 0.717) is 6.54 Å². The molecule has 0 atom stereocenters. The summed E-state index contributed by atoms with van der Waals surface area (Å²) in [5, 5.41) is 5.18. The maximum atomic E-state index is 13.3. The molecule has 0 amide bonds. The van der Waals surface area contributed by atoms with Gasteiger partial charge in [0.1, 0.15) is 5.82 Å². The van der Waals surface area contributed by atoms with Crippen molar-refractivity contribution in [1.82, 2.24) is 5.32 Å². The van der Waals surface area contributed by atoms with Crippen LogP contribution in [0.15, 0.2) is 35.7 Å². The van der Waals surface area contributed by atoms with Crippen molar-refractivity contribution in [3.05, 3.63) is 52.0 Å². The molecule has 1 heterocycles. The molecule has 0 saturated carbocycles. The lowest BCUT2D eigenvalue weighted by Gasteiger charge is -2.22. The van der Waals surface area contributed by atoms with Crippen LogP contribution in [0.1, 0.15) is 10.4 Å². The molecule has 102 valence electrons. The number of nitrogens with zero attached hydrogens (tertiary/aromatic N) is 1. The molecule has 0 radical (unpaired) electrons. The maximum Gasteiger partial charge on any atom is 0.123 e. The number of hydrogen-bond acceptors (Lipinski definition) is 3. The molecule has 2 rings (SSSR count). The average molecular weight is 278 g/mol. The molecular formula is C15H19FN2S. The Morgan fingerprint density at radius 2 is 2.16 bits per heavy atom. The number of anilines is 1. The smallest absolute Gasteiger partial charge is 0.123 e. The van der Waals surface area contributed by atoms with E-state index >= 15 is 0 Å². The van der Waals surface area contributed by atoms with E-state index < -0.39 is 0 Å². The minimum absolute atomic E-state index is 0.180. The monoisotopic (exact) mass is 278 g/mol. The molecule has 4 heteroatoms. The summed E-state index contributed by atoms with van der Waals surface area (Å²) in [6, 6.07) is 9.21. The first-order valence-electron chi connectivity index (χ1n) is 6.37. The van der Waals surface area contributed by atoms with Crippen LogP contribution in [0.25, 0.3) is 0 Å². The van der Waals surface area contributed by atoms with E-state index in [1.807, 2.05) is 13.1 Å². The van der Waals surface area contributed by atoms with Gasteiger partial charge in [-0.1, -0.05) is 6.07 Å². The fraction of sp³-hybridized carbons (Fsp3) is 0.333. The van der Waals surface area contributed by atoms with Gasteiger partial charge in [0.15, 0.2) is 0 Å². The van der Waals surface area contributed by atoms with Gasteiger partial charge in [0.2, 0.25) is 0 Å². The normalized spacial score (nSPS) is 10.7. The minimum atomic E-state index is -0.180. The number of benzene rings is 1. The SMILES string of the molecule is CNCc1cc(F)ccc1N(C)CCc1cccs1. The summed E-state index contributed by atoms with van der Waals surface area (Å²) < 4.78 is 13.3. The van der Waals surface area contributed by atoms with Gasteiger partial charge in [-0.05, 0) is 48.7 Å². The summed E-state index contributed by atoms with van der Waals surface area (Å²) in [6.07, 6.45) is 1.02. The Balaban J connectivity index is 2.07. The summed E-state index contributed by atoms with van der Waals surface area (Å²) in [7, 11) is 3.93. The zero-order valence-electron chi connectivity index (χ0n) is 11.3.